The first-order chi connectivity index (χ1) is 11.9. The van der Waals surface area contributed by atoms with E-state index < -0.39 is 39.5 Å². The molecule has 6 nitrogen and oxygen atoms in total. The number of anilines is 1. The molecule has 0 aromatic heterocycles. The molecular weight excluding hydrogens is 420 g/mol. The number of halogens is 6. The average molecular weight is 432 g/mol. The molecule has 1 aromatic rings. The number of rotatable bonds is 3. The van der Waals surface area contributed by atoms with Crippen molar-refractivity contribution in [2.45, 2.75) is 16.1 Å². The lowest BCUT2D eigenvalue weighted by molar-refractivity contribution is -0.137. The van der Waals surface area contributed by atoms with Crippen molar-refractivity contribution in [1.82, 2.24) is 10.2 Å². The normalized spacial score (nSPS) is 18.8. The summed E-state index contributed by atoms with van der Waals surface area (Å²) in [6.45, 7) is 0. The Morgan fingerprint density at radius 2 is 1.81 bits per heavy atom. The molecule has 1 atom stereocenters. The van der Waals surface area contributed by atoms with Gasteiger partial charge in [-0.25, -0.2) is 14.7 Å². The van der Waals surface area contributed by atoms with Gasteiger partial charge in [-0.2, -0.15) is 13.2 Å². The van der Waals surface area contributed by atoms with Gasteiger partial charge in [-0.15, -0.1) is 0 Å². The molecule has 0 radical (unpaired) electrons. The van der Waals surface area contributed by atoms with Crippen LogP contribution < -0.4 is 10.2 Å². The molecule has 3 amide bonds. The smallest absolute Gasteiger partial charge is 0.295 e. The van der Waals surface area contributed by atoms with Gasteiger partial charge in [-0.1, -0.05) is 40.9 Å². The van der Waals surface area contributed by atoms with E-state index >= 15 is 0 Å². The van der Waals surface area contributed by atoms with Gasteiger partial charge in [0.05, 0.1) is 11.3 Å². The number of hydrogen-bond acceptors (Lipinski definition) is 4. The standard InChI is InChI=1S/C14H12Cl3F3N4O2/c1-21-11(13(15,16)17)22-9-10(25)23(2)12(26)24(9)8-5-3-4-7(6-8)14(18,19)20/h3-6,11,21H,1-2H3. The maximum absolute atomic E-state index is 13.0. The summed E-state index contributed by atoms with van der Waals surface area (Å²) < 4.78 is 36.9. The highest BCUT2D eigenvalue weighted by atomic mass is 35.6. The molecule has 1 saturated heterocycles. The van der Waals surface area contributed by atoms with Gasteiger partial charge >= 0.3 is 12.2 Å². The van der Waals surface area contributed by atoms with Crippen LogP contribution in [0.1, 0.15) is 5.56 Å². The Bertz CT molecular complexity index is 765. The van der Waals surface area contributed by atoms with E-state index in [1.54, 1.807) is 0 Å². The number of aliphatic imine (C=N–C) groups is 1. The number of amides is 3. The van der Waals surface area contributed by atoms with Crippen LogP contribution in [0.4, 0.5) is 23.7 Å². The predicted octanol–water partition coefficient (Wildman–Crippen LogP) is 3.42. The number of nitrogens with one attached hydrogen (secondary N) is 1. The van der Waals surface area contributed by atoms with Gasteiger partial charge in [0.1, 0.15) is 6.17 Å². The molecule has 2 rings (SSSR count). The topological polar surface area (TPSA) is 65.0 Å². The summed E-state index contributed by atoms with van der Waals surface area (Å²) in [6.07, 6.45) is -5.85. The second-order valence-electron chi connectivity index (χ2n) is 5.22. The fourth-order valence-corrected chi connectivity index (χ4v) is 2.64. The maximum atomic E-state index is 13.0. The molecule has 0 spiro atoms. The number of hydrogen-bond donors (Lipinski definition) is 1. The van der Waals surface area contributed by atoms with E-state index in [-0.39, 0.29) is 5.69 Å². The average Bonchev–Trinajstić information content (AvgIpc) is 2.74. The minimum Gasteiger partial charge on any atom is -0.295 e. The van der Waals surface area contributed by atoms with Crippen LogP contribution in [-0.4, -0.2) is 46.7 Å². The monoisotopic (exact) mass is 430 g/mol. The van der Waals surface area contributed by atoms with E-state index in [1.807, 2.05) is 0 Å². The molecule has 1 N–H and O–H groups in total. The summed E-state index contributed by atoms with van der Waals surface area (Å²) in [6, 6.07) is 3.02. The van der Waals surface area contributed by atoms with Gasteiger partial charge in [-0.3, -0.25) is 15.0 Å². The number of carbonyl (C=O) groups excluding carboxylic acids is 2. The van der Waals surface area contributed by atoms with Crippen LogP contribution in [-0.2, 0) is 11.0 Å². The largest absolute Gasteiger partial charge is 0.416 e. The molecule has 1 aliphatic heterocycles. The second-order valence-corrected chi connectivity index (χ2v) is 7.58. The van der Waals surface area contributed by atoms with Crippen molar-refractivity contribution < 1.29 is 22.8 Å². The highest BCUT2D eigenvalue weighted by Gasteiger charge is 2.44. The van der Waals surface area contributed by atoms with E-state index in [9.17, 15) is 22.8 Å². The van der Waals surface area contributed by atoms with Gasteiger partial charge in [0.25, 0.3) is 5.91 Å². The molecule has 1 aliphatic rings. The Labute approximate surface area is 161 Å². The van der Waals surface area contributed by atoms with E-state index in [0.717, 1.165) is 30.1 Å². The van der Waals surface area contributed by atoms with Crippen LogP contribution >= 0.6 is 34.8 Å². The predicted molar refractivity (Wildman–Crippen MR) is 92.7 cm³/mol. The summed E-state index contributed by atoms with van der Waals surface area (Å²) >= 11 is 17.3. The zero-order valence-corrected chi connectivity index (χ0v) is 15.6. The Hall–Kier alpha value is -1.55. The van der Waals surface area contributed by atoms with Gasteiger partial charge in [-0.05, 0) is 25.2 Å². The third-order valence-electron chi connectivity index (χ3n) is 3.45. The Morgan fingerprint density at radius 3 is 2.31 bits per heavy atom. The molecule has 12 heteroatoms. The number of urea groups is 1. The third kappa shape index (κ3) is 4.06. The number of benzene rings is 1. The molecule has 1 unspecified atom stereocenters. The molecule has 1 fully saturated rings. The van der Waals surface area contributed by atoms with E-state index in [1.165, 1.54) is 13.1 Å². The lowest BCUT2D eigenvalue weighted by Crippen LogP contribution is -2.40. The fraction of sp³-hybridized carbons (Fsp3) is 0.357. The minimum atomic E-state index is -4.63. The van der Waals surface area contributed by atoms with Crippen molar-refractivity contribution in [3.05, 3.63) is 29.8 Å². The van der Waals surface area contributed by atoms with Crippen LogP contribution in [0.5, 0.6) is 0 Å². The van der Waals surface area contributed by atoms with Gasteiger partial charge in [0, 0.05) is 7.05 Å². The van der Waals surface area contributed by atoms with E-state index in [0.29, 0.717) is 4.90 Å². The van der Waals surface area contributed by atoms with Gasteiger partial charge in [0.2, 0.25) is 9.63 Å². The van der Waals surface area contributed by atoms with E-state index in [2.05, 4.69) is 10.3 Å². The number of carbonyl (C=O) groups is 2. The number of likely N-dealkylation sites (N-methyl/N-ethyl adjacent to an activating group) is 1. The summed E-state index contributed by atoms with van der Waals surface area (Å²) in [5.41, 5.74) is -1.18. The van der Waals surface area contributed by atoms with Crippen molar-refractivity contribution in [3.8, 4) is 0 Å². The minimum absolute atomic E-state index is 0.194. The number of amidine groups is 1. The summed E-state index contributed by atoms with van der Waals surface area (Å²) in [7, 11) is 2.56. The van der Waals surface area contributed by atoms with Gasteiger partial charge in [0.15, 0.2) is 0 Å². The van der Waals surface area contributed by atoms with Crippen molar-refractivity contribution in [2.75, 3.05) is 19.0 Å². The summed E-state index contributed by atoms with van der Waals surface area (Å²) in [5, 5.41) is 2.55. The zero-order chi connectivity index (χ0) is 19.9. The first kappa shape index (κ1) is 20.8. The van der Waals surface area contributed by atoms with Crippen LogP contribution in [0.15, 0.2) is 29.3 Å². The quantitative estimate of drug-likeness (QED) is 0.589. The Kier molecular flexibility index (Phi) is 5.77. The lowest BCUT2D eigenvalue weighted by Gasteiger charge is -2.22. The first-order valence-electron chi connectivity index (χ1n) is 6.99. The molecule has 1 heterocycles. The highest BCUT2D eigenvalue weighted by Crippen LogP contribution is 2.34. The van der Waals surface area contributed by atoms with Crippen molar-refractivity contribution in [2.24, 2.45) is 4.99 Å². The molecule has 0 aliphatic carbocycles. The number of nitrogens with zero attached hydrogens (tertiary/aromatic N) is 3. The third-order valence-corrected chi connectivity index (χ3v) is 4.07. The van der Waals surface area contributed by atoms with Gasteiger partial charge < -0.3 is 0 Å². The second kappa shape index (κ2) is 7.22. The molecule has 0 saturated carbocycles. The Morgan fingerprint density at radius 1 is 1.19 bits per heavy atom. The van der Waals surface area contributed by atoms with Crippen LogP contribution in [0, 0.1) is 0 Å². The fourth-order valence-electron chi connectivity index (χ4n) is 2.16. The van der Waals surface area contributed by atoms with E-state index in [4.69, 9.17) is 34.8 Å². The molecule has 142 valence electrons. The van der Waals surface area contributed by atoms with Crippen molar-refractivity contribution in [1.29, 1.82) is 0 Å². The first-order valence-corrected chi connectivity index (χ1v) is 8.12. The van der Waals surface area contributed by atoms with Crippen LogP contribution in [0.2, 0.25) is 0 Å². The lowest BCUT2D eigenvalue weighted by atomic mass is 10.2. The van der Waals surface area contributed by atoms with Crippen LogP contribution in [0.25, 0.3) is 0 Å². The zero-order valence-electron chi connectivity index (χ0n) is 13.3. The molecule has 1 aromatic carbocycles. The van der Waals surface area contributed by atoms with Crippen molar-refractivity contribution in [3.63, 3.8) is 0 Å². The summed E-state index contributed by atoms with van der Waals surface area (Å²) in [4.78, 5) is 30.0. The molecular formula is C14H12Cl3F3N4O2. The number of alkyl halides is 6. The highest BCUT2D eigenvalue weighted by molar-refractivity contribution is 6.68. The molecule has 0 bridgehead atoms. The Balaban J connectivity index is 2.57. The maximum Gasteiger partial charge on any atom is 0.416 e. The SMILES string of the molecule is CNC(N=C1C(=O)N(C)C(=O)N1c1cccc(C(F)(F)F)c1)C(Cl)(Cl)Cl. The van der Waals surface area contributed by atoms with Crippen LogP contribution in [0.3, 0.4) is 0 Å². The van der Waals surface area contributed by atoms with Crippen molar-refractivity contribution >= 4 is 58.3 Å². The summed E-state index contributed by atoms with van der Waals surface area (Å²) in [5.74, 6) is -1.32. The number of imide groups is 1. The molecule has 26 heavy (non-hydrogen) atoms.